The molecule has 0 atom stereocenters. The number of aryl methyl sites for hydroxylation is 2. The Morgan fingerprint density at radius 1 is 1.40 bits per heavy atom. The van der Waals surface area contributed by atoms with E-state index in [1.165, 1.54) is 11.8 Å². The van der Waals surface area contributed by atoms with E-state index < -0.39 is 0 Å². The minimum Gasteiger partial charge on any atom is -0.395 e. The minimum atomic E-state index is -0.0504. The zero-order chi connectivity index (χ0) is 14.7. The van der Waals surface area contributed by atoms with Gasteiger partial charge in [0.25, 0.3) is 5.91 Å². The van der Waals surface area contributed by atoms with Crippen molar-refractivity contribution >= 4 is 17.7 Å². The number of nitrogens with zero attached hydrogens (tertiary/aromatic N) is 3. The first kappa shape index (κ1) is 15.3. The molecule has 1 N–H and O–H groups in total. The van der Waals surface area contributed by atoms with Gasteiger partial charge < -0.3 is 10.0 Å². The number of aliphatic hydroxyl groups is 1. The molecule has 0 unspecified atom stereocenters. The quantitative estimate of drug-likeness (QED) is 0.663. The average Bonchev–Trinajstić information content (AvgIpc) is 2.34. The number of amides is 1. The zero-order valence-electron chi connectivity index (χ0n) is 12.2. The molecule has 1 aromatic heterocycles. The molecular weight excluding hydrogens is 274 g/mol. The second-order valence-corrected chi connectivity index (χ2v) is 5.84. The van der Waals surface area contributed by atoms with Crippen molar-refractivity contribution in [3.05, 3.63) is 17.1 Å². The Bertz CT molecular complexity index is 503. The summed E-state index contributed by atoms with van der Waals surface area (Å²) in [5.41, 5.74) is 1.30. The molecule has 0 spiro atoms. The molecule has 20 heavy (non-hydrogen) atoms. The van der Waals surface area contributed by atoms with Crippen LogP contribution in [0.4, 0.5) is 0 Å². The summed E-state index contributed by atoms with van der Waals surface area (Å²) < 4.78 is 0. The summed E-state index contributed by atoms with van der Waals surface area (Å²) in [6.07, 6.45) is 5.11. The molecule has 1 aromatic rings. The number of hydrogen-bond acceptors (Lipinski definition) is 5. The van der Waals surface area contributed by atoms with E-state index in [1.807, 2.05) is 20.1 Å². The summed E-state index contributed by atoms with van der Waals surface area (Å²) in [5, 5.41) is 9.93. The van der Waals surface area contributed by atoms with E-state index in [2.05, 4.69) is 9.97 Å². The highest BCUT2D eigenvalue weighted by molar-refractivity contribution is 7.98. The van der Waals surface area contributed by atoms with Crippen molar-refractivity contribution in [3.8, 4) is 0 Å². The van der Waals surface area contributed by atoms with Crippen LogP contribution in [0, 0.1) is 13.8 Å². The van der Waals surface area contributed by atoms with Crippen molar-refractivity contribution in [2.24, 2.45) is 0 Å². The Kier molecular flexibility index (Phi) is 4.99. The fourth-order valence-corrected chi connectivity index (χ4v) is 3.14. The number of aromatic nitrogens is 2. The molecule has 0 radical (unpaired) electrons. The van der Waals surface area contributed by atoms with Crippen LogP contribution in [0.2, 0.25) is 0 Å². The molecule has 1 aliphatic carbocycles. The van der Waals surface area contributed by atoms with Gasteiger partial charge in [0, 0.05) is 12.6 Å². The van der Waals surface area contributed by atoms with E-state index in [1.54, 1.807) is 4.90 Å². The Morgan fingerprint density at radius 2 is 2.10 bits per heavy atom. The van der Waals surface area contributed by atoms with Gasteiger partial charge in [0.1, 0.15) is 10.9 Å². The van der Waals surface area contributed by atoms with Gasteiger partial charge in [0.05, 0.1) is 17.9 Å². The van der Waals surface area contributed by atoms with Crippen molar-refractivity contribution in [2.75, 3.05) is 19.4 Å². The smallest absolute Gasteiger partial charge is 0.258 e. The number of thioether (sulfide) groups is 1. The summed E-state index contributed by atoms with van der Waals surface area (Å²) in [5.74, 6) is 0.631. The first-order valence-electron chi connectivity index (χ1n) is 6.89. The first-order chi connectivity index (χ1) is 9.58. The van der Waals surface area contributed by atoms with Gasteiger partial charge in [-0.2, -0.15) is 0 Å². The van der Waals surface area contributed by atoms with Gasteiger partial charge in [-0.1, -0.05) is 0 Å². The molecule has 5 nitrogen and oxygen atoms in total. The topological polar surface area (TPSA) is 66.3 Å². The summed E-state index contributed by atoms with van der Waals surface area (Å²) >= 11 is 1.46. The summed E-state index contributed by atoms with van der Waals surface area (Å²) in [6.45, 7) is 4.05. The van der Waals surface area contributed by atoms with Crippen molar-refractivity contribution in [2.45, 2.75) is 44.2 Å². The molecule has 0 aliphatic heterocycles. The Morgan fingerprint density at radius 3 is 2.60 bits per heavy atom. The monoisotopic (exact) mass is 295 g/mol. The van der Waals surface area contributed by atoms with Gasteiger partial charge in [0.2, 0.25) is 0 Å². The van der Waals surface area contributed by atoms with Gasteiger partial charge >= 0.3 is 0 Å². The Labute approximate surface area is 123 Å². The molecule has 6 heteroatoms. The third-order valence-electron chi connectivity index (χ3n) is 3.69. The third-order valence-corrected chi connectivity index (χ3v) is 4.38. The lowest BCUT2D eigenvalue weighted by molar-refractivity contribution is 0.0520. The average molecular weight is 295 g/mol. The van der Waals surface area contributed by atoms with E-state index >= 15 is 0 Å². The first-order valence-corrected chi connectivity index (χ1v) is 8.12. The van der Waals surface area contributed by atoms with Crippen LogP contribution in [-0.2, 0) is 0 Å². The molecule has 110 valence electrons. The molecule has 1 amide bonds. The van der Waals surface area contributed by atoms with E-state index in [4.69, 9.17) is 0 Å². The van der Waals surface area contributed by atoms with E-state index in [0.29, 0.717) is 23.6 Å². The number of hydrogen-bond donors (Lipinski definition) is 1. The van der Waals surface area contributed by atoms with Gasteiger partial charge in [0.15, 0.2) is 0 Å². The van der Waals surface area contributed by atoms with E-state index in [9.17, 15) is 9.90 Å². The van der Waals surface area contributed by atoms with Gasteiger partial charge in [-0.15, -0.1) is 11.8 Å². The van der Waals surface area contributed by atoms with Crippen molar-refractivity contribution in [1.29, 1.82) is 0 Å². The zero-order valence-corrected chi connectivity index (χ0v) is 13.0. The van der Waals surface area contributed by atoms with Crippen molar-refractivity contribution in [1.82, 2.24) is 14.9 Å². The van der Waals surface area contributed by atoms with Crippen LogP contribution in [0.3, 0.4) is 0 Å². The van der Waals surface area contributed by atoms with Crippen LogP contribution in [-0.4, -0.2) is 51.3 Å². The maximum atomic E-state index is 12.8. The largest absolute Gasteiger partial charge is 0.395 e. The lowest BCUT2D eigenvalue weighted by atomic mass is 9.91. The van der Waals surface area contributed by atoms with Crippen LogP contribution >= 0.6 is 11.8 Å². The molecule has 1 saturated carbocycles. The molecular formula is C14H21N3O2S. The predicted molar refractivity (Wildman–Crippen MR) is 79.0 cm³/mol. The lowest BCUT2D eigenvalue weighted by Crippen LogP contribution is -2.46. The summed E-state index contributed by atoms with van der Waals surface area (Å²) in [4.78, 5) is 23.3. The van der Waals surface area contributed by atoms with Crippen LogP contribution in [0.5, 0.6) is 0 Å². The fraction of sp³-hybridized carbons (Fsp3) is 0.643. The van der Waals surface area contributed by atoms with Crippen LogP contribution in [0.1, 0.15) is 41.1 Å². The van der Waals surface area contributed by atoms with Gasteiger partial charge in [-0.05, 0) is 39.4 Å². The molecule has 1 aliphatic rings. The number of carbonyl (C=O) groups is 1. The van der Waals surface area contributed by atoms with Crippen LogP contribution in [0.15, 0.2) is 5.03 Å². The minimum absolute atomic E-state index is 0.0113. The predicted octanol–water partition coefficient (Wildman–Crippen LogP) is 1.80. The fourth-order valence-electron chi connectivity index (χ4n) is 2.47. The number of aliphatic hydroxyl groups excluding tert-OH is 1. The number of rotatable bonds is 5. The second-order valence-electron chi connectivity index (χ2n) is 5.05. The normalized spacial score (nSPS) is 15.0. The van der Waals surface area contributed by atoms with E-state index in [0.717, 1.165) is 24.3 Å². The molecule has 0 saturated heterocycles. The molecule has 2 rings (SSSR count). The number of carbonyl (C=O) groups excluding carboxylic acids is 1. The maximum Gasteiger partial charge on any atom is 0.258 e. The maximum absolute atomic E-state index is 12.8. The highest BCUT2D eigenvalue weighted by atomic mass is 32.2. The third kappa shape index (κ3) is 2.96. The van der Waals surface area contributed by atoms with Crippen LogP contribution in [0.25, 0.3) is 0 Å². The lowest BCUT2D eigenvalue weighted by Gasteiger charge is -2.37. The van der Waals surface area contributed by atoms with Crippen molar-refractivity contribution < 1.29 is 9.90 Å². The molecule has 0 bridgehead atoms. The van der Waals surface area contributed by atoms with Gasteiger partial charge in [-0.3, -0.25) is 4.79 Å². The summed E-state index contributed by atoms with van der Waals surface area (Å²) in [7, 11) is 0. The second kappa shape index (κ2) is 6.54. The molecule has 1 heterocycles. The van der Waals surface area contributed by atoms with E-state index in [-0.39, 0.29) is 18.6 Å². The highest BCUT2D eigenvalue weighted by Gasteiger charge is 2.31. The standard InChI is InChI=1S/C14H21N3O2S/c1-9-12(13(20-3)16-10(2)15-9)14(19)17(7-8-18)11-5-4-6-11/h11,18H,4-8H2,1-3H3. The molecule has 0 aromatic carbocycles. The van der Waals surface area contributed by atoms with Crippen molar-refractivity contribution in [3.63, 3.8) is 0 Å². The SMILES string of the molecule is CSc1nc(C)nc(C)c1C(=O)N(CCO)C1CCC1. The molecule has 1 fully saturated rings. The Balaban J connectivity index is 2.35. The Hall–Kier alpha value is -1.14. The van der Waals surface area contributed by atoms with Crippen LogP contribution < -0.4 is 0 Å². The highest BCUT2D eigenvalue weighted by Crippen LogP contribution is 2.28. The van der Waals surface area contributed by atoms with Gasteiger partial charge in [-0.25, -0.2) is 9.97 Å². The summed E-state index contributed by atoms with van der Waals surface area (Å²) in [6, 6.07) is 0.255.